The zero-order valence-electron chi connectivity index (χ0n) is 32.5. The lowest BCUT2D eigenvalue weighted by atomic mass is 9.33. The minimum atomic E-state index is -1.07. The Kier molecular flexibility index (Phi) is 8.81. The predicted octanol–water partition coefficient (Wildman–Crippen LogP) is 10.1. The van der Waals surface area contributed by atoms with Gasteiger partial charge in [0.15, 0.2) is 0 Å². The van der Waals surface area contributed by atoms with Crippen LogP contribution < -0.4 is 10.5 Å². The molecule has 0 amide bonds. The van der Waals surface area contributed by atoms with Crippen LogP contribution in [0.2, 0.25) is 0 Å². The Hall–Kier alpha value is -2.91. The number of hydrogen-bond acceptors (Lipinski definition) is 5. The van der Waals surface area contributed by atoms with Crippen LogP contribution in [-0.4, -0.2) is 28.2 Å². The van der Waals surface area contributed by atoms with Crippen LogP contribution in [0.25, 0.3) is 0 Å². The molecule has 0 saturated heterocycles. The van der Waals surface area contributed by atoms with Gasteiger partial charge in [-0.05, 0) is 164 Å². The van der Waals surface area contributed by atoms with Gasteiger partial charge in [-0.1, -0.05) is 65.8 Å². The summed E-state index contributed by atoms with van der Waals surface area (Å²) in [4.78, 5) is 17.3. The van der Waals surface area contributed by atoms with Gasteiger partial charge in [-0.3, -0.25) is 4.79 Å². The van der Waals surface area contributed by atoms with Crippen molar-refractivity contribution in [3.05, 3.63) is 59.3 Å². The van der Waals surface area contributed by atoms with Crippen LogP contribution in [0.15, 0.2) is 53.8 Å². The fourth-order valence-electron chi connectivity index (χ4n) is 14.4. The van der Waals surface area contributed by atoms with Crippen LogP contribution in [0.1, 0.15) is 131 Å². The highest BCUT2D eigenvalue weighted by molar-refractivity contribution is 5.76. The van der Waals surface area contributed by atoms with Crippen molar-refractivity contribution in [1.82, 2.24) is 4.98 Å². The third-order valence-electron chi connectivity index (χ3n) is 17.2. The Balaban J connectivity index is 1.18. The van der Waals surface area contributed by atoms with Crippen molar-refractivity contribution in [2.24, 2.45) is 68.3 Å². The molecule has 276 valence electrons. The van der Waals surface area contributed by atoms with E-state index in [9.17, 15) is 15.2 Å². The number of hydrogen-bond donors (Lipinski definition) is 2. The number of ether oxygens (including phenoxy) is 1. The van der Waals surface area contributed by atoms with Crippen LogP contribution in [0, 0.1) is 73.9 Å². The van der Waals surface area contributed by atoms with Crippen molar-refractivity contribution in [3.8, 4) is 11.9 Å². The van der Waals surface area contributed by atoms with Gasteiger partial charge in [-0.25, -0.2) is 4.98 Å². The number of aliphatic carboxylic acids is 1. The van der Waals surface area contributed by atoms with Crippen LogP contribution in [-0.2, 0) is 4.79 Å². The highest BCUT2D eigenvalue weighted by Gasteiger charge is 2.70. The molecule has 7 rings (SSSR count). The first kappa shape index (κ1) is 36.4. The second kappa shape index (κ2) is 12.3. The minimum Gasteiger partial charge on any atom is -0.481 e. The molecule has 0 bridgehead atoms. The number of fused-ring (bicyclic) bond motifs is 7. The standard InChI is InChI=1S/C45H63N3O3/c1-9-31-25-29(14-20-44(31,39(49)50)27-51-38-30(26-46)11-10-24-48-38)33-16-18-41(6)35(40(33,4)5)17-19-43(8)36(41)13-12-34-37-32(28(2)3)15-21-45(37,47)23-22-42(34,43)7/h10-11,16,24-25,31-32,34-37H,2,9,12-15,17-23,27,47H2,1,3-8H3,(H,49,50)/t31?,32-,34+,35-,36+,37+,41-,42+,43+,44-,45-/m0/s1. The van der Waals surface area contributed by atoms with E-state index in [2.05, 4.69) is 78.3 Å². The van der Waals surface area contributed by atoms with E-state index < -0.39 is 11.4 Å². The number of nitriles is 1. The number of nitrogens with zero attached hydrogens (tertiary/aromatic N) is 2. The van der Waals surface area contributed by atoms with Crippen LogP contribution in [0.3, 0.4) is 0 Å². The van der Waals surface area contributed by atoms with Gasteiger partial charge in [-0.2, -0.15) is 5.26 Å². The summed E-state index contributed by atoms with van der Waals surface area (Å²) in [5, 5.41) is 20.3. The highest BCUT2D eigenvalue weighted by atomic mass is 16.5. The molecule has 0 spiro atoms. The molecule has 1 heterocycles. The molecule has 0 aliphatic heterocycles. The first-order valence-electron chi connectivity index (χ1n) is 20.1. The van der Waals surface area contributed by atoms with Crippen molar-refractivity contribution in [2.75, 3.05) is 6.61 Å². The molecule has 4 fully saturated rings. The molecule has 0 radical (unpaired) electrons. The number of nitrogens with two attached hydrogens (primary N) is 1. The van der Waals surface area contributed by atoms with E-state index in [1.54, 1.807) is 18.3 Å². The smallest absolute Gasteiger partial charge is 0.313 e. The van der Waals surface area contributed by atoms with E-state index in [1.807, 2.05) is 0 Å². The quantitative estimate of drug-likeness (QED) is 0.275. The second-order valence-electron chi connectivity index (χ2n) is 19.4. The lowest BCUT2D eigenvalue weighted by molar-refractivity contribution is -0.219. The molecule has 1 aromatic rings. The van der Waals surface area contributed by atoms with E-state index in [1.165, 1.54) is 55.2 Å². The van der Waals surface area contributed by atoms with E-state index in [-0.39, 0.29) is 45.6 Å². The second-order valence-corrected chi connectivity index (χ2v) is 19.4. The van der Waals surface area contributed by atoms with Gasteiger partial charge in [0.05, 0.1) is 0 Å². The van der Waals surface area contributed by atoms with Crippen molar-refractivity contribution in [3.63, 3.8) is 0 Å². The van der Waals surface area contributed by atoms with Gasteiger partial charge < -0.3 is 15.6 Å². The summed E-state index contributed by atoms with van der Waals surface area (Å²) in [7, 11) is 0. The largest absolute Gasteiger partial charge is 0.481 e. The van der Waals surface area contributed by atoms with Crippen molar-refractivity contribution in [1.29, 1.82) is 5.26 Å². The van der Waals surface area contributed by atoms with Crippen molar-refractivity contribution >= 4 is 5.97 Å². The number of aromatic nitrogens is 1. The summed E-state index contributed by atoms with van der Waals surface area (Å²) in [6, 6.07) is 5.48. The van der Waals surface area contributed by atoms with Crippen molar-refractivity contribution < 1.29 is 14.6 Å². The maximum atomic E-state index is 13.1. The van der Waals surface area contributed by atoms with E-state index in [4.69, 9.17) is 10.5 Å². The highest BCUT2D eigenvalue weighted by Crippen LogP contribution is 2.76. The summed E-state index contributed by atoms with van der Waals surface area (Å²) < 4.78 is 6.05. The van der Waals surface area contributed by atoms with E-state index >= 15 is 0 Å². The summed E-state index contributed by atoms with van der Waals surface area (Å²) in [5.41, 5.74) is 11.5. The summed E-state index contributed by atoms with van der Waals surface area (Å²) >= 11 is 0. The Morgan fingerprint density at radius 1 is 1.06 bits per heavy atom. The summed E-state index contributed by atoms with van der Waals surface area (Å²) in [6.07, 6.45) is 19.4. The van der Waals surface area contributed by atoms with Crippen LogP contribution in [0.5, 0.6) is 5.88 Å². The number of rotatable bonds is 7. The minimum absolute atomic E-state index is 0.00127. The number of allylic oxidation sites excluding steroid dienone is 5. The molecule has 6 aliphatic carbocycles. The maximum absolute atomic E-state index is 13.1. The van der Waals surface area contributed by atoms with Gasteiger partial charge >= 0.3 is 5.97 Å². The topological polar surface area (TPSA) is 109 Å². The lowest BCUT2D eigenvalue weighted by Gasteiger charge is -2.72. The Labute approximate surface area is 307 Å². The molecular weight excluding hydrogens is 631 g/mol. The predicted molar refractivity (Wildman–Crippen MR) is 203 cm³/mol. The summed E-state index contributed by atoms with van der Waals surface area (Å²) in [5.74, 6) is 2.24. The van der Waals surface area contributed by atoms with E-state index in [0.717, 1.165) is 19.3 Å². The molecule has 1 aromatic heterocycles. The molecule has 1 unspecified atom stereocenters. The SMILES string of the molecule is C=C(C)[C@@H]1CC[C@]2(N)CC[C@]3(C)[C@H](CC[C@@H]4[C@@]5(C)CC=C(C6=CC(CC)[C@](COc7ncccc7C#N)(C(=O)O)CC6)C(C)(C)[C@@H]5CC[C@]43C)[C@@H]12. The first-order valence-corrected chi connectivity index (χ1v) is 20.1. The average molecular weight is 694 g/mol. The Morgan fingerprint density at radius 3 is 2.51 bits per heavy atom. The van der Waals surface area contributed by atoms with Crippen LogP contribution >= 0.6 is 0 Å². The van der Waals surface area contributed by atoms with Gasteiger partial charge in [0.1, 0.15) is 23.7 Å². The molecule has 3 N–H and O–H groups in total. The zero-order chi connectivity index (χ0) is 36.8. The molecule has 4 saturated carbocycles. The molecule has 0 aromatic carbocycles. The normalized spacial score (nSPS) is 44.0. The number of carboxylic acids is 1. The molecule has 6 nitrogen and oxygen atoms in total. The molecule has 6 heteroatoms. The van der Waals surface area contributed by atoms with Gasteiger partial charge in [0, 0.05) is 11.7 Å². The van der Waals surface area contributed by atoms with Crippen LogP contribution in [0.4, 0.5) is 0 Å². The van der Waals surface area contributed by atoms with Gasteiger partial charge in [0.25, 0.3) is 0 Å². The fourth-order valence-corrected chi connectivity index (χ4v) is 14.4. The maximum Gasteiger partial charge on any atom is 0.313 e. The number of pyridine rings is 1. The van der Waals surface area contributed by atoms with Crippen molar-refractivity contribution in [2.45, 2.75) is 131 Å². The summed E-state index contributed by atoms with van der Waals surface area (Å²) in [6.45, 7) is 21.8. The molecule has 6 aliphatic rings. The average Bonchev–Trinajstić information content (AvgIpc) is 3.45. The Bertz CT molecular complexity index is 1700. The Morgan fingerprint density at radius 2 is 1.82 bits per heavy atom. The van der Waals surface area contributed by atoms with E-state index in [0.29, 0.717) is 54.4 Å². The first-order chi connectivity index (χ1) is 24.0. The molecular formula is C45H63N3O3. The van der Waals surface area contributed by atoms with Gasteiger partial charge in [-0.15, -0.1) is 0 Å². The third kappa shape index (κ3) is 5.09. The zero-order valence-corrected chi connectivity index (χ0v) is 32.5. The third-order valence-corrected chi connectivity index (χ3v) is 17.2. The fraction of sp³-hybridized carbons (Fsp3) is 0.711. The van der Waals surface area contributed by atoms with Gasteiger partial charge in [0.2, 0.25) is 5.88 Å². The molecule has 11 atom stereocenters. The lowest BCUT2D eigenvalue weighted by Crippen LogP contribution is -2.67. The number of carbonyl (C=O) groups is 1. The number of carboxylic acid groups (broad SMARTS) is 1. The monoisotopic (exact) mass is 693 g/mol. The molecule has 51 heavy (non-hydrogen) atoms.